The van der Waals surface area contributed by atoms with E-state index in [-0.39, 0.29) is 17.3 Å². The molecule has 1 N–H and O–H groups in total. The first-order chi connectivity index (χ1) is 12.2. The highest BCUT2D eigenvalue weighted by Gasteiger charge is 2.18. The number of para-hydroxylation sites is 1. The van der Waals surface area contributed by atoms with Crippen molar-refractivity contribution in [3.05, 3.63) is 78.7 Å². The normalized spacial score (nSPS) is 10.8. The van der Waals surface area contributed by atoms with E-state index in [9.17, 15) is 9.18 Å². The number of carbonyl (C=O) groups is 1. The van der Waals surface area contributed by atoms with Gasteiger partial charge in [0, 0.05) is 10.9 Å². The van der Waals surface area contributed by atoms with Gasteiger partial charge in [-0.1, -0.05) is 18.2 Å². The Morgan fingerprint density at radius 2 is 1.84 bits per heavy atom. The van der Waals surface area contributed by atoms with Crippen LogP contribution < -0.4 is 5.32 Å². The van der Waals surface area contributed by atoms with Crippen molar-refractivity contribution in [2.24, 2.45) is 0 Å². The number of nitrogens with one attached hydrogen (secondary N) is 1. The highest BCUT2D eigenvalue weighted by Crippen LogP contribution is 2.24. The highest BCUT2D eigenvalue weighted by molar-refractivity contribution is 6.06. The van der Waals surface area contributed by atoms with Gasteiger partial charge in [0.25, 0.3) is 5.91 Å². The van der Waals surface area contributed by atoms with Crippen LogP contribution in [0.4, 0.5) is 10.1 Å². The van der Waals surface area contributed by atoms with Crippen molar-refractivity contribution in [1.29, 1.82) is 0 Å². The van der Waals surface area contributed by atoms with Gasteiger partial charge >= 0.3 is 0 Å². The molecule has 0 saturated carbocycles. The molecule has 6 heteroatoms. The number of nitrogens with zero attached hydrogens (tertiary/aromatic N) is 2. The zero-order chi connectivity index (χ0) is 17.2. The van der Waals surface area contributed by atoms with Gasteiger partial charge in [-0.25, -0.2) is 9.37 Å². The van der Waals surface area contributed by atoms with E-state index in [1.54, 1.807) is 6.20 Å². The zero-order valence-corrected chi connectivity index (χ0v) is 12.9. The fraction of sp³-hybridized carbons (Fsp3) is 0. The summed E-state index contributed by atoms with van der Waals surface area (Å²) in [7, 11) is 0. The molecule has 0 spiro atoms. The number of hydrogen-bond donors (Lipinski definition) is 1. The number of pyridine rings is 1. The molecule has 2 aromatic carbocycles. The molecule has 122 valence electrons. The van der Waals surface area contributed by atoms with Crippen molar-refractivity contribution < 1.29 is 13.6 Å². The largest absolute Gasteiger partial charge is 0.443 e. The standard InChI is InChI=1S/C19H12FN3O2/c20-14-7-5-12(6-8-14)18-17(22-11-25-18)19(24)23-15-9-13-3-1-2-4-16(13)21-10-15/h1-11H,(H,23,24). The molecule has 0 unspecified atom stereocenters. The third kappa shape index (κ3) is 2.97. The summed E-state index contributed by atoms with van der Waals surface area (Å²) in [4.78, 5) is 20.8. The lowest BCUT2D eigenvalue weighted by Gasteiger charge is -2.06. The predicted molar refractivity (Wildman–Crippen MR) is 91.6 cm³/mol. The van der Waals surface area contributed by atoms with Gasteiger partial charge in [-0.3, -0.25) is 9.78 Å². The minimum atomic E-state index is -0.426. The van der Waals surface area contributed by atoms with Crippen molar-refractivity contribution in [2.45, 2.75) is 0 Å². The second-order valence-electron chi connectivity index (χ2n) is 5.41. The molecule has 0 bridgehead atoms. The Morgan fingerprint density at radius 3 is 2.68 bits per heavy atom. The molecule has 0 radical (unpaired) electrons. The third-order valence-corrected chi connectivity index (χ3v) is 3.74. The molecule has 0 aliphatic rings. The number of hydrogen-bond acceptors (Lipinski definition) is 4. The number of oxazole rings is 1. The van der Waals surface area contributed by atoms with Gasteiger partial charge < -0.3 is 9.73 Å². The summed E-state index contributed by atoms with van der Waals surface area (Å²) >= 11 is 0. The van der Waals surface area contributed by atoms with Crippen molar-refractivity contribution in [2.75, 3.05) is 5.32 Å². The van der Waals surface area contributed by atoms with Gasteiger partial charge in [-0.15, -0.1) is 0 Å². The molecule has 5 nitrogen and oxygen atoms in total. The number of anilines is 1. The van der Waals surface area contributed by atoms with Gasteiger partial charge in [0.2, 0.25) is 0 Å². The van der Waals surface area contributed by atoms with Crippen molar-refractivity contribution in [1.82, 2.24) is 9.97 Å². The summed E-state index contributed by atoms with van der Waals surface area (Å²) in [5.41, 5.74) is 2.09. The van der Waals surface area contributed by atoms with Crippen LogP contribution in [0.2, 0.25) is 0 Å². The summed E-state index contributed by atoms with van der Waals surface area (Å²) < 4.78 is 18.4. The van der Waals surface area contributed by atoms with E-state index >= 15 is 0 Å². The van der Waals surface area contributed by atoms with Gasteiger partial charge in [-0.05, 0) is 36.4 Å². The van der Waals surface area contributed by atoms with Crippen LogP contribution in [0.15, 0.2) is 71.6 Å². The van der Waals surface area contributed by atoms with E-state index < -0.39 is 5.91 Å². The maximum atomic E-state index is 13.1. The number of carbonyl (C=O) groups excluding carboxylic acids is 1. The molecule has 0 fully saturated rings. The van der Waals surface area contributed by atoms with Crippen molar-refractivity contribution in [3.8, 4) is 11.3 Å². The Bertz CT molecular complexity index is 1060. The molecular formula is C19H12FN3O2. The second-order valence-corrected chi connectivity index (χ2v) is 5.41. The number of amides is 1. The van der Waals surface area contributed by atoms with Crippen LogP contribution >= 0.6 is 0 Å². The molecule has 4 aromatic rings. The molecule has 25 heavy (non-hydrogen) atoms. The molecule has 0 aliphatic heterocycles. The lowest BCUT2D eigenvalue weighted by Crippen LogP contribution is -2.13. The van der Waals surface area contributed by atoms with E-state index in [0.29, 0.717) is 11.3 Å². The maximum Gasteiger partial charge on any atom is 0.278 e. The SMILES string of the molecule is O=C(Nc1cnc2ccccc2c1)c1ncoc1-c1ccc(F)cc1. The first kappa shape index (κ1) is 15.0. The minimum absolute atomic E-state index is 0.125. The Labute approximate surface area is 142 Å². The smallest absolute Gasteiger partial charge is 0.278 e. The van der Waals surface area contributed by atoms with Gasteiger partial charge in [-0.2, -0.15) is 0 Å². The van der Waals surface area contributed by atoms with Gasteiger partial charge in [0.1, 0.15) is 5.82 Å². The maximum absolute atomic E-state index is 13.1. The van der Waals surface area contributed by atoms with Crippen LogP contribution in [0.5, 0.6) is 0 Å². The summed E-state index contributed by atoms with van der Waals surface area (Å²) in [6.07, 6.45) is 2.77. The molecular weight excluding hydrogens is 321 g/mol. The van der Waals surface area contributed by atoms with Gasteiger partial charge in [0.15, 0.2) is 17.8 Å². The number of benzene rings is 2. The topological polar surface area (TPSA) is 68.0 Å². The van der Waals surface area contributed by atoms with E-state index in [1.165, 1.54) is 30.7 Å². The van der Waals surface area contributed by atoms with E-state index in [4.69, 9.17) is 4.42 Å². The molecule has 0 aliphatic carbocycles. The van der Waals surface area contributed by atoms with Crippen LogP contribution in [0.3, 0.4) is 0 Å². The van der Waals surface area contributed by atoms with E-state index in [0.717, 1.165) is 10.9 Å². The molecule has 2 heterocycles. The average molecular weight is 333 g/mol. The van der Waals surface area contributed by atoms with E-state index in [2.05, 4.69) is 15.3 Å². The highest BCUT2D eigenvalue weighted by atomic mass is 19.1. The number of aromatic nitrogens is 2. The molecule has 0 atom stereocenters. The summed E-state index contributed by atoms with van der Waals surface area (Å²) in [5.74, 6) is -0.507. The average Bonchev–Trinajstić information content (AvgIpc) is 3.12. The van der Waals surface area contributed by atoms with Crippen LogP contribution in [0.25, 0.3) is 22.2 Å². The lowest BCUT2D eigenvalue weighted by molar-refractivity contribution is 0.102. The van der Waals surface area contributed by atoms with Crippen LogP contribution in [0, 0.1) is 5.82 Å². The monoisotopic (exact) mass is 333 g/mol. The molecule has 0 saturated heterocycles. The number of rotatable bonds is 3. The fourth-order valence-electron chi connectivity index (χ4n) is 2.54. The fourth-order valence-corrected chi connectivity index (χ4v) is 2.54. The summed E-state index contributed by atoms with van der Waals surface area (Å²) in [6, 6.07) is 15.1. The van der Waals surface area contributed by atoms with Crippen LogP contribution in [0.1, 0.15) is 10.5 Å². The Kier molecular flexibility index (Phi) is 3.70. The molecule has 4 rings (SSSR count). The Hall–Kier alpha value is -3.54. The summed E-state index contributed by atoms with van der Waals surface area (Å²) in [6.45, 7) is 0. The zero-order valence-electron chi connectivity index (χ0n) is 12.9. The molecule has 2 aromatic heterocycles. The predicted octanol–water partition coefficient (Wildman–Crippen LogP) is 4.28. The van der Waals surface area contributed by atoms with Gasteiger partial charge in [0.05, 0.1) is 17.4 Å². The van der Waals surface area contributed by atoms with Crippen LogP contribution in [-0.4, -0.2) is 15.9 Å². The lowest BCUT2D eigenvalue weighted by atomic mass is 10.1. The quantitative estimate of drug-likeness (QED) is 0.607. The van der Waals surface area contributed by atoms with E-state index in [1.807, 2.05) is 30.3 Å². The second kappa shape index (κ2) is 6.16. The Morgan fingerprint density at radius 1 is 1.04 bits per heavy atom. The third-order valence-electron chi connectivity index (χ3n) is 3.74. The first-order valence-corrected chi connectivity index (χ1v) is 7.56. The number of fused-ring (bicyclic) bond motifs is 1. The summed E-state index contributed by atoms with van der Waals surface area (Å²) in [5, 5.41) is 3.68. The molecule has 1 amide bonds. The number of halogens is 1. The minimum Gasteiger partial charge on any atom is -0.443 e. The van der Waals surface area contributed by atoms with Crippen molar-refractivity contribution in [3.63, 3.8) is 0 Å². The first-order valence-electron chi connectivity index (χ1n) is 7.56. The van der Waals surface area contributed by atoms with Crippen LogP contribution in [-0.2, 0) is 0 Å². The Balaban J connectivity index is 1.63. The van der Waals surface area contributed by atoms with Crippen molar-refractivity contribution >= 4 is 22.5 Å².